The van der Waals surface area contributed by atoms with E-state index in [1.54, 1.807) is 14.2 Å². The van der Waals surface area contributed by atoms with Crippen LogP contribution in [0.15, 0.2) is 48.5 Å². The minimum Gasteiger partial charge on any atom is -0.491 e. The molecule has 0 N–H and O–H groups in total. The zero-order valence-corrected chi connectivity index (χ0v) is 23.3. The summed E-state index contributed by atoms with van der Waals surface area (Å²) in [7, 11) is 3.35. The number of ether oxygens (including phenoxy) is 6. The van der Waals surface area contributed by atoms with E-state index < -0.39 is 0 Å². The van der Waals surface area contributed by atoms with Gasteiger partial charge < -0.3 is 28.4 Å². The second-order valence-corrected chi connectivity index (χ2v) is 9.66. The van der Waals surface area contributed by atoms with Crippen molar-refractivity contribution in [1.29, 1.82) is 0 Å². The van der Waals surface area contributed by atoms with Crippen LogP contribution < -0.4 is 4.74 Å². The Morgan fingerprint density at radius 2 is 1.29 bits per heavy atom. The van der Waals surface area contributed by atoms with Crippen molar-refractivity contribution in [3.05, 3.63) is 76.3 Å². The normalized spacial score (nSPS) is 14.0. The van der Waals surface area contributed by atoms with Gasteiger partial charge in [0.15, 0.2) is 0 Å². The van der Waals surface area contributed by atoms with Crippen LogP contribution in [-0.4, -0.2) is 67.1 Å². The molecule has 0 fully saturated rings. The van der Waals surface area contributed by atoms with E-state index >= 15 is 0 Å². The van der Waals surface area contributed by atoms with Crippen LogP contribution in [0.4, 0.5) is 0 Å². The maximum Gasteiger partial charge on any atom is 0.122 e. The van der Waals surface area contributed by atoms with Crippen LogP contribution >= 0.6 is 0 Å². The number of methoxy groups -OCH3 is 2. The number of hydrogen-bond donors (Lipinski definition) is 0. The first-order valence-corrected chi connectivity index (χ1v) is 13.3. The highest BCUT2D eigenvalue weighted by Crippen LogP contribution is 2.50. The first kappa shape index (κ1) is 28.3. The SMILES string of the molecule is COCCOCCOc1ccc(-c2cc(C)cc3c2-c2ccc(C)cc2C3OCCOCCOC)cc1C. The Balaban J connectivity index is 1.58. The molecule has 0 aromatic heterocycles. The largest absolute Gasteiger partial charge is 0.491 e. The van der Waals surface area contributed by atoms with Gasteiger partial charge in [0.05, 0.1) is 46.2 Å². The molecule has 3 aromatic carbocycles. The van der Waals surface area contributed by atoms with Gasteiger partial charge in [0.25, 0.3) is 0 Å². The summed E-state index contributed by atoms with van der Waals surface area (Å²) < 4.78 is 33.7. The van der Waals surface area contributed by atoms with Gasteiger partial charge in [0.2, 0.25) is 0 Å². The Morgan fingerprint density at radius 1 is 0.605 bits per heavy atom. The zero-order chi connectivity index (χ0) is 26.9. The number of aryl methyl sites for hydroxylation is 3. The first-order valence-electron chi connectivity index (χ1n) is 13.3. The Labute approximate surface area is 226 Å². The molecule has 0 bridgehead atoms. The molecular formula is C32H40O6. The standard InChI is InChI=1S/C32H40O6/c1-22-6-8-26-28(18-22)32(38-17-15-36-13-11-34-5)29-20-23(2)19-27(31(26)29)25-7-9-30(24(3)21-25)37-16-14-35-12-10-33-4/h6-9,18-21,32H,10-17H2,1-5H3. The van der Waals surface area contributed by atoms with E-state index in [0.717, 1.165) is 11.3 Å². The van der Waals surface area contributed by atoms with Crippen molar-refractivity contribution in [1.82, 2.24) is 0 Å². The first-order chi connectivity index (χ1) is 18.5. The van der Waals surface area contributed by atoms with Gasteiger partial charge in [-0.25, -0.2) is 0 Å². The van der Waals surface area contributed by atoms with Gasteiger partial charge in [0.1, 0.15) is 18.5 Å². The molecule has 0 radical (unpaired) electrons. The highest BCUT2D eigenvalue weighted by atomic mass is 16.5. The summed E-state index contributed by atoms with van der Waals surface area (Å²) in [6.07, 6.45) is -0.119. The summed E-state index contributed by atoms with van der Waals surface area (Å²) in [5, 5.41) is 0. The van der Waals surface area contributed by atoms with Crippen molar-refractivity contribution in [3.8, 4) is 28.0 Å². The van der Waals surface area contributed by atoms with Crippen molar-refractivity contribution < 1.29 is 28.4 Å². The van der Waals surface area contributed by atoms with E-state index in [0.29, 0.717) is 52.9 Å². The Morgan fingerprint density at radius 3 is 2.00 bits per heavy atom. The van der Waals surface area contributed by atoms with Crippen LogP contribution in [0.5, 0.6) is 5.75 Å². The fraction of sp³-hybridized carbons (Fsp3) is 0.438. The van der Waals surface area contributed by atoms with Gasteiger partial charge in [-0.2, -0.15) is 0 Å². The van der Waals surface area contributed by atoms with Gasteiger partial charge in [-0.05, 0) is 71.8 Å². The summed E-state index contributed by atoms with van der Waals surface area (Å²) in [6.45, 7) is 10.8. The summed E-state index contributed by atoms with van der Waals surface area (Å²) in [5.74, 6) is 0.874. The average Bonchev–Trinajstić information content (AvgIpc) is 3.20. The second-order valence-electron chi connectivity index (χ2n) is 9.66. The smallest absolute Gasteiger partial charge is 0.122 e. The number of hydrogen-bond acceptors (Lipinski definition) is 6. The molecule has 0 saturated heterocycles. The molecule has 204 valence electrons. The lowest BCUT2D eigenvalue weighted by atomic mass is 9.91. The van der Waals surface area contributed by atoms with Crippen molar-refractivity contribution in [2.24, 2.45) is 0 Å². The van der Waals surface area contributed by atoms with E-state index in [1.165, 1.54) is 44.5 Å². The molecule has 6 heteroatoms. The molecule has 4 rings (SSSR count). The topological polar surface area (TPSA) is 55.4 Å². The van der Waals surface area contributed by atoms with E-state index in [4.69, 9.17) is 28.4 Å². The van der Waals surface area contributed by atoms with Gasteiger partial charge in [-0.1, -0.05) is 47.5 Å². The van der Waals surface area contributed by atoms with Crippen LogP contribution in [0.3, 0.4) is 0 Å². The summed E-state index contributed by atoms with van der Waals surface area (Å²) >= 11 is 0. The van der Waals surface area contributed by atoms with Gasteiger partial charge >= 0.3 is 0 Å². The molecule has 1 atom stereocenters. The predicted molar refractivity (Wildman–Crippen MR) is 150 cm³/mol. The van der Waals surface area contributed by atoms with E-state index in [9.17, 15) is 0 Å². The second kappa shape index (κ2) is 13.9. The fourth-order valence-corrected chi connectivity index (χ4v) is 4.93. The van der Waals surface area contributed by atoms with Gasteiger partial charge in [-0.3, -0.25) is 0 Å². The molecule has 0 aliphatic heterocycles. The summed E-state index contributed by atoms with van der Waals surface area (Å²) in [6, 6.07) is 17.6. The van der Waals surface area contributed by atoms with Crippen LogP contribution in [-0.2, 0) is 23.7 Å². The Kier molecular flexibility index (Phi) is 10.3. The van der Waals surface area contributed by atoms with Crippen molar-refractivity contribution >= 4 is 0 Å². The van der Waals surface area contributed by atoms with E-state index in [-0.39, 0.29) is 6.10 Å². The Bertz CT molecular complexity index is 1200. The third-order valence-electron chi connectivity index (χ3n) is 6.70. The maximum absolute atomic E-state index is 6.45. The molecule has 3 aromatic rings. The molecule has 38 heavy (non-hydrogen) atoms. The van der Waals surface area contributed by atoms with Crippen molar-refractivity contribution in [2.75, 3.05) is 67.1 Å². The monoisotopic (exact) mass is 520 g/mol. The van der Waals surface area contributed by atoms with Gasteiger partial charge in [-0.15, -0.1) is 0 Å². The number of fused-ring (bicyclic) bond motifs is 3. The molecule has 0 spiro atoms. The minimum atomic E-state index is -0.119. The number of benzene rings is 3. The fourth-order valence-electron chi connectivity index (χ4n) is 4.93. The van der Waals surface area contributed by atoms with Crippen LogP contribution in [0.1, 0.15) is 33.9 Å². The van der Waals surface area contributed by atoms with E-state index in [1.807, 2.05) is 0 Å². The highest BCUT2D eigenvalue weighted by molar-refractivity contribution is 5.92. The molecular weight excluding hydrogens is 480 g/mol. The summed E-state index contributed by atoms with van der Waals surface area (Å²) in [4.78, 5) is 0. The molecule has 0 amide bonds. The average molecular weight is 521 g/mol. The third kappa shape index (κ3) is 6.82. The molecule has 6 nitrogen and oxygen atoms in total. The zero-order valence-electron chi connectivity index (χ0n) is 23.3. The lowest BCUT2D eigenvalue weighted by Crippen LogP contribution is -2.11. The molecule has 1 aliphatic rings. The lowest BCUT2D eigenvalue weighted by molar-refractivity contribution is 0.00635. The minimum absolute atomic E-state index is 0.119. The van der Waals surface area contributed by atoms with Crippen LogP contribution in [0, 0.1) is 20.8 Å². The van der Waals surface area contributed by atoms with Crippen LogP contribution in [0.25, 0.3) is 22.3 Å². The maximum atomic E-state index is 6.45. The molecule has 1 aliphatic carbocycles. The molecule has 0 heterocycles. The van der Waals surface area contributed by atoms with E-state index in [2.05, 4.69) is 69.3 Å². The highest BCUT2D eigenvalue weighted by Gasteiger charge is 2.32. The predicted octanol–water partition coefficient (Wildman–Crippen LogP) is 6.07. The third-order valence-corrected chi connectivity index (χ3v) is 6.70. The molecule has 1 unspecified atom stereocenters. The van der Waals surface area contributed by atoms with Crippen LogP contribution in [0.2, 0.25) is 0 Å². The van der Waals surface area contributed by atoms with Crippen molar-refractivity contribution in [2.45, 2.75) is 26.9 Å². The number of rotatable bonds is 15. The summed E-state index contributed by atoms with van der Waals surface area (Å²) in [5.41, 5.74) is 10.8. The van der Waals surface area contributed by atoms with Gasteiger partial charge in [0, 0.05) is 14.2 Å². The quantitative estimate of drug-likeness (QED) is 0.227. The Hall–Kier alpha value is -2.74. The molecule has 0 saturated carbocycles. The lowest BCUT2D eigenvalue weighted by Gasteiger charge is -2.17. The van der Waals surface area contributed by atoms with Crippen molar-refractivity contribution in [3.63, 3.8) is 0 Å².